The lowest BCUT2D eigenvalue weighted by Crippen LogP contribution is -2.28. The summed E-state index contributed by atoms with van der Waals surface area (Å²) in [5.74, 6) is -0.00483. The van der Waals surface area contributed by atoms with Crippen LogP contribution in [-0.2, 0) is 10.0 Å². The van der Waals surface area contributed by atoms with Crippen molar-refractivity contribution in [2.75, 3.05) is 11.3 Å². The molecule has 1 aromatic heterocycles. The summed E-state index contributed by atoms with van der Waals surface area (Å²) in [6.45, 7) is 2.60. The van der Waals surface area contributed by atoms with Crippen LogP contribution in [0, 0.1) is 0 Å². The van der Waals surface area contributed by atoms with Crippen LogP contribution in [0.2, 0.25) is 0 Å². The Morgan fingerprint density at radius 3 is 2.24 bits per heavy atom. The van der Waals surface area contributed by atoms with E-state index in [1.165, 1.54) is 42.2 Å². The lowest BCUT2D eigenvalue weighted by atomic mass is 9.96. The number of carbonyl (C=O) groups is 1. The smallest absolute Gasteiger partial charge is 0.261 e. The topological polar surface area (TPSA) is 88.2 Å². The van der Waals surface area contributed by atoms with Gasteiger partial charge in [0.1, 0.15) is 0 Å². The molecule has 1 amide bonds. The van der Waals surface area contributed by atoms with Crippen molar-refractivity contribution in [1.82, 2.24) is 10.3 Å². The first-order valence-corrected chi connectivity index (χ1v) is 10.8. The van der Waals surface area contributed by atoms with E-state index in [2.05, 4.69) is 34.1 Å². The number of sulfonamides is 1. The van der Waals surface area contributed by atoms with Crippen molar-refractivity contribution in [2.24, 2.45) is 0 Å². The van der Waals surface area contributed by atoms with Gasteiger partial charge in [-0.1, -0.05) is 37.3 Å². The molecule has 1 atom stereocenters. The fraction of sp³-hybridized carbons (Fsp3) is 0.182. The average molecular weight is 410 g/mol. The van der Waals surface area contributed by atoms with Crippen molar-refractivity contribution in [2.45, 2.75) is 24.2 Å². The zero-order valence-corrected chi connectivity index (χ0v) is 16.9. The maximum atomic E-state index is 12.5. The molecule has 0 bridgehead atoms. The van der Waals surface area contributed by atoms with E-state index in [0.29, 0.717) is 17.8 Å². The number of rotatable bonds is 8. The van der Waals surface area contributed by atoms with Crippen molar-refractivity contribution in [3.8, 4) is 0 Å². The number of amides is 1. The molecule has 1 unspecified atom stereocenters. The van der Waals surface area contributed by atoms with Crippen molar-refractivity contribution in [3.63, 3.8) is 0 Å². The lowest BCUT2D eigenvalue weighted by Gasteiger charge is -2.16. The van der Waals surface area contributed by atoms with Crippen LogP contribution >= 0.6 is 0 Å². The van der Waals surface area contributed by atoms with Gasteiger partial charge in [-0.2, -0.15) is 0 Å². The summed E-state index contributed by atoms with van der Waals surface area (Å²) < 4.78 is 27.4. The maximum Gasteiger partial charge on any atom is 0.261 e. The minimum Gasteiger partial charge on any atom is -0.351 e. The Kier molecular flexibility index (Phi) is 6.61. The van der Waals surface area contributed by atoms with Crippen molar-refractivity contribution >= 4 is 21.6 Å². The molecule has 0 aliphatic heterocycles. The zero-order valence-electron chi connectivity index (χ0n) is 16.1. The van der Waals surface area contributed by atoms with E-state index in [1.807, 2.05) is 18.2 Å². The molecular formula is C22H23N3O3S. The molecule has 3 aromatic rings. The Morgan fingerprint density at radius 1 is 0.966 bits per heavy atom. The number of pyridine rings is 1. The van der Waals surface area contributed by atoms with E-state index < -0.39 is 10.0 Å². The van der Waals surface area contributed by atoms with Gasteiger partial charge in [0.05, 0.1) is 10.6 Å². The largest absolute Gasteiger partial charge is 0.351 e. The van der Waals surface area contributed by atoms with E-state index in [0.717, 1.165) is 6.42 Å². The van der Waals surface area contributed by atoms with Gasteiger partial charge in [0.15, 0.2) is 0 Å². The molecule has 0 spiro atoms. The molecule has 0 fully saturated rings. The summed E-state index contributed by atoms with van der Waals surface area (Å²) >= 11 is 0. The van der Waals surface area contributed by atoms with E-state index in [-0.39, 0.29) is 16.7 Å². The van der Waals surface area contributed by atoms with Crippen molar-refractivity contribution < 1.29 is 13.2 Å². The first kappa shape index (κ1) is 20.5. The summed E-state index contributed by atoms with van der Waals surface area (Å²) in [6, 6.07) is 19.0. The zero-order chi connectivity index (χ0) is 20.7. The second-order valence-electron chi connectivity index (χ2n) is 6.59. The monoisotopic (exact) mass is 409 g/mol. The lowest BCUT2D eigenvalue weighted by molar-refractivity contribution is 0.0951. The molecule has 0 radical (unpaired) electrons. The molecule has 29 heavy (non-hydrogen) atoms. The number of hydrogen-bond donors (Lipinski definition) is 2. The Balaban J connectivity index is 1.64. The highest BCUT2D eigenvalue weighted by Crippen LogP contribution is 2.19. The number of hydrogen-bond acceptors (Lipinski definition) is 4. The van der Waals surface area contributed by atoms with Gasteiger partial charge in [0.2, 0.25) is 0 Å². The van der Waals surface area contributed by atoms with Gasteiger partial charge in [-0.25, -0.2) is 8.42 Å². The van der Waals surface area contributed by atoms with E-state index in [4.69, 9.17) is 0 Å². The highest BCUT2D eigenvalue weighted by molar-refractivity contribution is 7.92. The van der Waals surface area contributed by atoms with Gasteiger partial charge in [0.25, 0.3) is 15.9 Å². The normalized spacial score (nSPS) is 12.2. The van der Waals surface area contributed by atoms with Crippen LogP contribution in [0.25, 0.3) is 0 Å². The van der Waals surface area contributed by atoms with Crippen LogP contribution in [0.1, 0.15) is 35.2 Å². The molecule has 0 saturated heterocycles. The number of carbonyl (C=O) groups excluding carboxylic acids is 1. The van der Waals surface area contributed by atoms with Gasteiger partial charge in [-0.3, -0.25) is 14.5 Å². The molecule has 2 aromatic carbocycles. The van der Waals surface area contributed by atoms with Crippen LogP contribution in [0.15, 0.2) is 84.0 Å². The number of benzene rings is 2. The summed E-state index contributed by atoms with van der Waals surface area (Å²) in [5, 5.41) is 2.94. The van der Waals surface area contributed by atoms with Gasteiger partial charge in [-0.15, -0.1) is 0 Å². The Hall–Kier alpha value is -3.19. The molecule has 0 saturated carbocycles. The summed E-state index contributed by atoms with van der Waals surface area (Å²) in [5.41, 5.74) is 2.02. The quantitative estimate of drug-likeness (QED) is 0.592. The van der Waals surface area contributed by atoms with Crippen LogP contribution < -0.4 is 10.0 Å². The van der Waals surface area contributed by atoms with Crippen LogP contribution in [0.3, 0.4) is 0 Å². The third kappa shape index (κ3) is 5.42. The standard InChI is InChI=1S/C22H23N3O3S/c1-2-17(18-6-4-3-5-7-18)16-24-22(26)19-8-10-21(11-9-19)29(27,28)25-20-12-14-23-15-13-20/h3-15,17H,2,16H2,1H3,(H,23,25)(H,24,26). The van der Waals surface area contributed by atoms with Crippen molar-refractivity contribution in [1.29, 1.82) is 0 Å². The number of aromatic nitrogens is 1. The number of anilines is 1. The molecular weight excluding hydrogens is 386 g/mol. The van der Waals surface area contributed by atoms with Crippen LogP contribution in [0.4, 0.5) is 5.69 Å². The Labute approximate surface area is 171 Å². The third-order valence-corrected chi connectivity index (χ3v) is 6.03. The minimum atomic E-state index is -3.73. The summed E-state index contributed by atoms with van der Waals surface area (Å²) in [6.07, 6.45) is 3.91. The molecule has 3 rings (SSSR count). The molecule has 2 N–H and O–H groups in total. The molecule has 6 nitrogen and oxygen atoms in total. The molecule has 0 aliphatic rings. The fourth-order valence-electron chi connectivity index (χ4n) is 2.96. The van der Waals surface area contributed by atoms with Crippen LogP contribution in [0.5, 0.6) is 0 Å². The van der Waals surface area contributed by atoms with E-state index in [9.17, 15) is 13.2 Å². The highest BCUT2D eigenvalue weighted by Gasteiger charge is 2.16. The minimum absolute atomic E-state index is 0.0848. The maximum absolute atomic E-state index is 12.5. The second kappa shape index (κ2) is 9.34. The second-order valence-corrected chi connectivity index (χ2v) is 8.27. The van der Waals surface area contributed by atoms with Crippen LogP contribution in [-0.4, -0.2) is 25.9 Å². The first-order valence-electron chi connectivity index (χ1n) is 9.35. The SMILES string of the molecule is CCC(CNC(=O)c1ccc(S(=O)(=O)Nc2ccncc2)cc1)c1ccccc1. The van der Waals surface area contributed by atoms with Gasteiger partial charge >= 0.3 is 0 Å². The molecule has 150 valence electrons. The van der Waals surface area contributed by atoms with Gasteiger partial charge < -0.3 is 5.32 Å². The molecule has 7 heteroatoms. The average Bonchev–Trinajstić information content (AvgIpc) is 2.75. The first-order chi connectivity index (χ1) is 14.0. The number of nitrogens with zero attached hydrogens (tertiary/aromatic N) is 1. The predicted octanol–water partition coefficient (Wildman–Crippen LogP) is 3.81. The van der Waals surface area contributed by atoms with Gasteiger partial charge in [-0.05, 0) is 48.4 Å². The number of nitrogens with one attached hydrogen (secondary N) is 2. The molecule has 0 aliphatic carbocycles. The predicted molar refractivity (Wildman–Crippen MR) is 113 cm³/mol. The highest BCUT2D eigenvalue weighted by atomic mass is 32.2. The Morgan fingerprint density at radius 2 is 1.62 bits per heavy atom. The Bertz CT molecular complexity index is 1040. The van der Waals surface area contributed by atoms with Crippen molar-refractivity contribution in [3.05, 3.63) is 90.3 Å². The van der Waals surface area contributed by atoms with E-state index >= 15 is 0 Å². The fourth-order valence-corrected chi connectivity index (χ4v) is 4.02. The molecule has 1 heterocycles. The third-order valence-electron chi connectivity index (χ3n) is 4.63. The summed E-state index contributed by atoms with van der Waals surface area (Å²) in [4.78, 5) is 16.4. The van der Waals surface area contributed by atoms with E-state index in [1.54, 1.807) is 12.1 Å². The summed E-state index contributed by atoms with van der Waals surface area (Å²) in [7, 11) is -3.73. The van der Waals surface area contributed by atoms with Gasteiger partial charge in [0, 0.05) is 30.4 Å².